The van der Waals surface area contributed by atoms with E-state index in [-0.39, 0.29) is 0 Å². The van der Waals surface area contributed by atoms with Gasteiger partial charge in [-0.25, -0.2) is 9.97 Å². The van der Waals surface area contributed by atoms with Gasteiger partial charge >= 0.3 is 6.01 Å². The molecule has 2 aliphatic rings. The van der Waals surface area contributed by atoms with E-state index in [2.05, 4.69) is 55.0 Å². The van der Waals surface area contributed by atoms with Crippen LogP contribution in [0.15, 0.2) is 42.7 Å². The van der Waals surface area contributed by atoms with Crippen LogP contribution in [0.1, 0.15) is 24.0 Å². The van der Waals surface area contributed by atoms with Crippen LogP contribution in [0, 0.1) is 0 Å². The topological polar surface area (TPSA) is 44.7 Å². The summed E-state index contributed by atoms with van der Waals surface area (Å²) >= 11 is 0. The molecule has 1 aromatic heterocycles. The molecule has 2 aliphatic heterocycles. The molecule has 2 fully saturated rings. The maximum Gasteiger partial charge on any atom is 0.316 e. The van der Waals surface area contributed by atoms with Crippen molar-refractivity contribution in [2.75, 3.05) is 46.4 Å². The fourth-order valence-corrected chi connectivity index (χ4v) is 4.36. The van der Waals surface area contributed by atoms with Crippen molar-refractivity contribution >= 4 is 0 Å². The molecule has 6 heteroatoms. The van der Waals surface area contributed by atoms with Gasteiger partial charge in [-0.3, -0.25) is 14.7 Å². The van der Waals surface area contributed by atoms with E-state index in [0.29, 0.717) is 6.01 Å². The van der Waals surface area contributed by atoms with Crippen molar-refractivity contribution in [2.45, 2.75) is 32.0 Å². The fourth-order valence-electron chi connectivity index (χ4n) is 4.36. The third-order valence-electron chi connectivity index (χ3n) is 6.00. The Morgan fingerprint density at radius 2 is 1.43 bits per heavy atom. The van der Waals surface area contributed by atoms with Gasteiger partial charge in [-0.15, -0.1) is 0 Å². The average Bonchev–Trinajstić information content (AvgIpc) is 2.76. The van der Waals surface area contributed by atoms with Crippen LogP contribution < -0.4 is 4.74 Å². The van der Waals surface area contributed by atoms with Gasteiger partial charge in [0.25, 0.3) is 0 Å². The summed E-state index contributed by atoms with van der Waals surface area (Å²) in [6.07, 6.45) is 6.28. The van der Waals surface area contributed by atoms with Gasteiger partial charge in [-0.1, -0.05) is 30.3 Å². The summed E-state index contributed by atoms with van der Waals surface area (Å²) in [7, 11) is 1.60. The molecule has 28 heavy (non-hydrogen) atoms. The highest BCUT2D eigenvalue weighted by Gasteiger charge is 2.27. The van der Waals surface area contributed by atoms with E-state index in [0.717, 1.165) is 37.8 Å². The Hall–Kier alpha value is -2.02. The molecule has 0 N–H and O–H groups in total. The first-order valence-corrected chi connectivity index (χ1v) is 10.4. The maximum atomic E-state index is 5.04. The number of nitrogens with zero attached hydrogens (tertiary/aromatic N) is 5. The third-order valence-corrected chi connectivity index (χ3v) is 6.00. The second-order valence-electron chi connectivity index (χ2n) is 7.88. The minimum Gasteiger partial charge on any atom is -0.467 e. The van der Waals surface area contributed by atoms with Gasteiger partial charge in [0.05, 0.1) is 7.11 Å². The van der Waals surface area contributed by atoms with E-state index < -0.39 is 0 Å². The number of piperidine rings is 1. The van der Waals surface area contributed by atoms with Crippen LogP contribution >= 0.6 is 0 Å². The van der Waals surface area contributed by atoms with Crippen LogP contribution in [-0.4, -0.2) is 77.1 Å². The van der Waals surface area contributed by atoms with Crippen LogP contribution in [0.4, 0.5) is 0 Å². The molecule has 2 aromatic rings. The Labute approximate surface area is 168 Å². The summed E-state index contributed by atoms with van der Waals surface area (Å²) < 4.78 is 5.04. The summed E-state index contributed by atoms with van der Waals surface area (Å²) in [5.41, 5.74) is 2.58. The molecule has 0 amide bonds. The molecule has 4 rings (SSSR count). The van der Waals surface area contributed by atoms with Gasteiger partial charge in [0.1, 0.15) is 0 Å². The van der Waals surface area contributed by atoms with Crippen molar-refractivity contribution in [2.24, 2.45) is 0 Å². The van der Waals surface area contributed by atoms with E-state index in [9.17, 15) is 0 Å². The zero-order chi connectivity index (χ0) is 19.2. The van der Waals surface area contributed by atoms with Crippen LogP contribution in [0.5, 0.6) is 6.01 Å². The first-order chi connectivity index (χ1) is 13.8. The van der Waals surface area contributed by atoms with Gasteiger partial charge in [-0.05, 0) is 31.5 Å². The molecule has 0 spiro atoms. The van der Waals surface area contributed by atoms with Crippen LogP contribution in [0.3, 0.4) is 0 Å². The molecule has 0 saturated carbocycles. The summed E-state index contributed by atoms with van der Waals surface area (Å²) in [5.74, 6) is 0. The minimum absolute atomic E-state index is 0.439. The molecule has 2 saturated heterocycles. The summed E-state index contributed by atoms with van der Waals surface area (Å²) in [5, 5.41) is 0. The molecular weight excluding hydrogens is 350 g/mol. The Morgan fingerprint density at radius 1 is 0.821 bits per heavy atom. The average molecular weight is 382 g/mol. The highest BCUT2D eigenvalue weighted by atomic mass is 16.5. The summed E-state index contributed by atoms with van der Waals surface area (Å²) in [6, 6.07) is 12.0. The lowest BCUT2D eigenvalue weighted by Crippen LogP contribution is -2.52. The predicted octanol–water partition coefficient (Wildman–Crippen LogP) is 2.27. The van der Waals surface area contributed by atoms with Gasteiger partial charge in [0.2, 0.25) is 0 Å². The van der Waals surface area contributed by atoms with Crippen molar-refractivity contribution in [1.29, 1.82) is 0 Å². The monoisotopic (exact) mass is 381 g/mol. The first kappa shape index (κ1) is 19.3. The number of aromatic nitrogens is 2. The quantitative estimate of drug-likeness (QED) is 0.765. The van der Waals surface area contributed by atoms with Gasteiger partial charge < -0.3 is 4.74 Å². The standard InChI is InChI=1S/C22H31N5O/c1-28-22-23-15-20(16-24-22)18-25-9-7-21(8-10-25)27-13-11-26(12-14-27)17-19-5-3-2-4-6-19/h2-6,15-16,21H,7-14,17-18H2,1H3. The highest BCUT2D eigenvalue weighted by Crippen LogP contribution is 2.20. The lowest BCUT2D eigenvalue weighted by molar-refractivity contribution is 0.0549. The van der Waals surface area contributed by atoms with Gasteiger partial charge in [0.15, 0.2) is 0 Å². The van der Waals surface area contributed by atoms with Crippen LogP contribution in [0.25, 0.3) is 0 Å². The number of piperazine rings is 1. The van der Waals surface area contributed by atoms with E-state index in [4.69, 9.17) is 4.74 Å². The molecule has 0 atom stereocenters. The van der Waals surface area contributed by atoms with Crippen molar-refractivity contribution in [3.8, 4) is 6.01 Å². The number of likely N-dealkylation sites (tertiary alicyclic amines) is 1. The number of ether oxygens (including phenoxy) is 1. The van der Waals surface area contributed by atoms with Crippen LogP contribution in [-0.2, 0) is 13.1 Å². The van der Waals surface area contributed by atoms with E-state index in [1.165, 1.54) is 44.6 Å². The number of benzene rings is 1. The summed E-state index contributed by atoms with van der Waals surface area (Å²) in [6.45, 7) is 9.07. The molecular formula is C22H31N5O. The number of rotatable bonds is 6. The second-order valence-corrected chi connectivity index (χ2v) is 7.88. The molecule has 0 radical (unpaired) electrons. The lowest BCUT2D eigenvalue weighted by Gasteiger charge is -2.42. The molecule has 1 aromatic carbocycles. The SMILES string of the molecule is COc1ncc(CN2CCC(N3CCN(Cc4ccccc4)CC3)CC2)cn1. The molecule has 150 valence electrons. The zero-order valence-corrected chi connectivity index (χ0v) is 16.8. The smallest absolute Gasteiger partial charge is 0.316 e. The van der Waals surface area contributed by atoms with Crippen molar-refractivity contribution < 1.29 is 4.74 Å². The zero-order valence-electron chi connectivity index (χ0n) is 16.8. The largest absolute Gasteiger partial charge is 0.467 e. The Balaban J connectivity index is 1.19. The second kappa shape index (κ2) is 9.45. The van der Waals surface area contributed by atoms with Crippen molar-refractivity contribution in [3.63, 3.8) is 0 Å². The van der Waals surface area contributed by atoms with E-state index in [1.54, 1.807) is 7.11 Å². The number of methoxy groups -OCH3 is 1. The molecule has 0 unspecified atom stereocenters. The predicted molar refractivity (Wildman–Crippen MR) is 110 cm³/mol. The number of hydrogen-bond acceptors (Lipinski definition) is 6. The molecule has 0 bridgehead atoms. The maximum absolute atomic E-state index is 5.04. The lowest BCUT2D eigenvalue weighted by atomic mass is 10.0. The van der Waals surface area contributed by atoms with Crippen LogP contribution in [0.2, 0.25) is 0 Å². The van der Waals surface area contributed by atoms with Crippen molar-refractivity contribution in [1.82, 2.24) is 24.7 Å². The fraction of sp³-hybridized carbons (Fsp3) is 0.545. The Bertz CT molecular complexity index is 707. The third kappa shape index (κ3) is 5.07. The molecule has 0 aliphatic carbocycles. The first-order valence-electron chi connectivity index (χ1n) is 10.4. The minimum atomic E-state index is 0.439. The molecule has 3 heterocycles. The van der Waals surface area contributed by atoms with Gasteiger partial charge in [-0.2, -0.15) is 0 Å². The number of hydrogen-bond donors (Lipinski definition) is 0. The van der Waals surface area contributed by atoms with Crippen molar-refractivity contribution in [3.05, 3.63) is 53.9 Å². The van der Waals surface area contributed by atoms with Gasteiger partial charge in [0, 0.05) is 63.3 Å². The Morgan fingerprint density at radius 3 is 2.07 bits per heavy atom. The molecule has 6 nitrogen and oxygen atoms in total. The Kier molecular flexibility index (Phi) is 6.52. The van der Waals surface area contributed by atoms with E-state index in [1.807, 2.05) is 12.4 Å². The highest BCUT2D eigenvalue weighted by molar-refractivity contribution is 5.14. The summed E-state index contributed by atoms with van der Waals surface area (Å²) in [4.78, 5) is 16.3. The normalized spacial score (nSPS) is 20.3. The van der Waals surface area contributed by atoms with E-state index >= 15 is 0 Å².